The Morgan fingerprint density at radius 2 is 2.35 bits per heavy atom. The lowest BCUT2D eigenvalue weighted by Gasteiger charge is -2.37. The van der Waals surface area contributed by atoms with Crippen molar-refractivity contribution in [3.63, 3.8) is 0 Å². The van der Waals surface area contributed by atoms with E-state index in [1.54, 1.807) is 6.20 Å². The zero-order valence-corrected chi connectivity index (χ0v) is 9.98. The van der Waals surface area contributed by atoms with Gasteiger partial charge in [-0.25, -0.2) is 0 Å². The lowest BCUT2D eigenvalue weighted by atomic mass is 9.75. The van der Waals surface area contributed by atoms with Crippen molar-refractivity contribution in [2.75, 3.05) is 6.54 Å². The van der Waals surface area contributed by atoms with Crippen LogP contribution in [0.2, 0.25) is 0 Å². The molecule has 1 saturated carbocycles. The maximum absolute atomic E-state index is 11.6. The van der Waals surface area contributed by atoms with Gasteiger partial charge in [-0.2, -0.15) is 0 Å². The Bertz CT molecular complexity index is 374. The smallest absolute Gasteiger partial charge is 0.221 e. The third-order valence-electron chi connectivity index (χ3n) is 3.32. The zero-order valence-electron chi connectivity index (χ0n) is 9.98. The first-order valence-electron chi connectivity index (χ1n) is 6.12. The minimum atomic E-state index is -0.224. The van der Waals surface area contributed by atoms with E-state index in [1.807, 2.05) is 18.3 Å². The van der Waals surface area contributed by atoms with Gasteiger partial charge in [0, 0.05) is 30.9 Å². The number of rotatable bonds is 5. The molecule has 1 aliphatic carbocycles. The number of amides is 1. The number of carbonyl (C=O) groups excluding carboxylic acids is 1. The summed E-state index contributed by atoms with van der Waals surface area (Å²) in [7, 11) is 0. The van der Waals surface area contributed by atoms with Gasteiger partial charge in [-0.15, -0.1) is 0 Å². The monoisotopic (exact) mass is 233 g/mol. The van der Waals surface area contributed by atoms with Crippen LogP contribution in [0, 0.1) is 0 Å². The van der Waals surface area contributed by atoms with Crippen LogP contribution in [0.3, 0.4) is 0 Å². The van der Waals surface area contributed by atoms with Gasteiger partial charge in [-0.05, 0) is 37.3 Å². The highest BCUT2D eigenvalue weighted by molar-refractivity contribution is 5.77. The van der Waals surface area contributed by atoms with Crippen molar-refractivity contribution in [1.29, 1.82) is 0 Å². The minimum Gasteiger partial charge on any atom is -0.356 e. The van der Waals surface area contributed by atoms with Crippen molar-refractivity contribution in [1.82, 2.24) is 10.3 Å². The second-order valence-corrected chi connectivity index (χ2v) is 4.85. The molecular weight excluding hydrogens is 214 g/mol. The van der Waals surface area contributed by atoms with E-state index in [4.69, 9.17) is 5.73 Å². The molecule has 0 aromatic carbocycles. The van der Waals surface area contributed by atoms with E-state index in [1.165, 1.54) is 0 Å². The number of nitrogens with one attached hydrogen (secondary N) is 1. The molecule has 1 amide bonds. The van der Waals surface area contributed by atoms with E-state index in [-0.39, 0.29) is 11.4 Å². The molecule has 1 aliphatic rings. The molecule has 4 nitrogen and oxygen atoms in total. The summed E-state index contributed by atoms with van der Waals surface area (Å²) in [4.78, 5) is 15.7. The molecular formula is C13H19N3O. The number of hydrogen-bond acceptors (Lipinski definition) is 3. The van der Waals surface area contributed by atoms with Crippen LogP contribution in [0.5, 0.6) is 0 Å². The molecule has 2 rings (SSSR count). The average Bonchev–Trinajstić information content (AvgIpc) is 2.28. The van der Waals surface area contributed by atoms with Crippen LogP contribution in [0.1, 0.15) is 31.2 Å². The lowest BCUT2D eigenvalue weighted by molar-refractivity contribution is -0.122. The number of nitrogens with two attached hydrogens (primary N) is 1. The summed E-state index contributed by atoms with van der Waals surface area (Å²) in [6.45, 7) is 0.653. The largest absolute Gasteiger partial charge is 0.356 e. The number of pyridine rings is 1. The molecule has 0 aliphatic heterocycles. The molecule has 1 aromatic rings. The first kappa shape index (κ1) is 12.0. The lowest BCUT2D eigenvalue weighted by Crippen LogP contribution is -2.50. The van der Waals surface area contributed by atoms with Crippen LogP contribution in [-0.2, 0) is 11.2 Å². The van der Waals surface area contributed by atoms with Crippen LogP contribution >= 0.6 is 0 Å². The molecule has 0 spiro atoms. The van der Waals surface area contributed by atoms with Gasteiger partial charge in [0.05, 0.1) is 0 Å². The highest BCUT2D eigenvalue weighted by atomic mass is 16.1. The summed E-state index contributed by atoms with van der Waals surface area (Å²) >= 11 is 0. The second-order valence-electron chi connectivity index (χ2n) is 4.85. The highest BCUT2D eigenvalue weighted by Gasteiger charge is 2.34. The predicted molar refractivity (Wildman–Crippen MR) is 66.3 cm³/mol. The van der Waals surface area contributed by atoms with Gasteiger partial charge in [0.25, 0.3) is 0 Å². The number of hydrogen-bond donors (Lipinski definition) is 2. The fraction of sp³-hybridized carbons (Fsp3) is 0.538. The first-order valence-corrected chi connectivity index (χ1v) is 6.12. The van der Waals surface area contributed by atoms with E-state index >= 15 is 0 Å². The Balaban J connectivity index is 1.66. The Kier molecular flexibility index (Phi) is 3.74. The van der Waals surface area contributed by atoms with Gasteiger partial charge >= 0.3 is 0 Å². The maximum atomic E-state index is 11.6. The number of aromatic nitrogens is 1. The summed E-state index contributed by atoms with van der Waals surface area (Å²) < 4.78 is 0. The molecule has 1 fully saturated rings. The molecule has 17 heavy (non-hydrogen) atoms. The Morgan fingerprint density at radius 3 is 2.94 bits per heavy atom. The summed E-state index contributed by atoms with van der Waals surface area (Å²) in [5, 5.41) is 2.91. The van der Waals surface area contributed by atoms with Crippen LogP contribution in [0.25, 0.3) is 0 Å². The van der Waals surface area contributed by atoms with Crippen molar-refractivity contribution in [3.8, 4) is 0 Å². The van der Waals surface area contributed by atoms with Crippen molar-refractivity contribution in [2.24, 2.45) is 5.73 Å². The summed E-state index contributed by atoms with van der Waals surface area (Å²) in [6.07, 6.45) is 7.95. The fourth-order valence-electron chi connectivity index (χ4n) is 2.08. The van der Waals surface area contributed by atoms with Gasteiger partial charge < -0.3 is 11.1 Å². The van der Waals surface area contributed by atoms with E-state index < -0.39 is 0 Å². The molecule has 1 heterocycles. The predicted octanol–water partition coefficient (Wildman–Crippen LogP) is 1.01. The van der Waals surface area contributed by atoms with Crippen LogP contribution in [0.15, 0.2) is 24.5 Å². The van der Waals surface area contributed by atoms with Crippen LogP contribution in [0.4, 0.5) is 0 Å². The molecule has 0 bridgehead atoms. The molecule has 4 heteroatoms. The highest BCUT2D eigenvalue weighted by Crippen LogP contribution is 2.31. The number of nitrogens with zero attached hydrogens (tertiary/aromatic N) is 1. The van der Waals surface area contributed by atoms with Crippen molar-refractivity contribution in [3.05, 3.63) is 30.1 Å². The maximum Gasteiger partial charge on any atom is 0.221 e. The SMILES string of the molecule is NC1(CC(=O)NCCc2cccnc2)CCC1. The molecule has 0 unspecified atom stereocenters. The summed E-state index contributed by atoms with van der Waals surface area (Å²) in [5.74, 6) is 0.0658. The Labute approximate surface area is 102 Å². The van der Waals surface area contributed by atoms with Crippen molar-refractivity contribution >= 4 is 5.91 Å². The normalized spacial score (nSPS) is 17.2. The molecule has 0 radical (unpaired) electrons. The molecule has 1 aromatic heterocycles. The van der Waals surface area contributed by atoms with Gasteiger partial charge in [-0.1, -0.05) is 6.07 Å². The molecule has 3 N–H and O–H groups in total. The summed E-state index contributed by atoms with van der Waals surface area (Å²) in [5.41, 5.74) is 6.93. The van der Waals surface area contributed by atoms with E-state index in [2.05, 4.69) is 10.3 Å². The average molecular weight is 233 g/mol. The standard InChI is InChI=1S/C13H19N3O/c14-13(5-2-6-13)9-12(17)16-8-4-11-3-1-7-15-10-11/h1,3,7,10H,2,4-6,8-9,14H2,(H,16,17). The van der Waals surface area contributed by atoms with Gasteiger partial charge in [0.1, 0.15) is 0 Å². The van der Waals surface area contributed by atoms with E-state index in [0.29, 0.717) is 13.0 Å². The third kappa shape index (κ3) is 3.53. The van der Waals surface area contributed by atoms with Crippen molar-refractivity contribution in [2.45, 2.75) is 37.6 Å². The van der Waals surface area contributed by atoms with Gasteiger partial charge in [0.15, 0.2) is 0 Å². The van der Waals surface area contributed by atoms with Gasteiger partial charge in [0.2, 0.25) is 5.91 Å². The minimum absolute atomic E-state index is 0.0658. The first-order chi connectivity index (χ1) is 8.18. The summed E-state index contributed by atoms with van der Waals surface area (Å²) in [6, 6.07) is 3.91. The van der Waals surface area contributed by atoms with Gasteiger partial charge in [-0.3, -0.25) is 9.78 Å². The molecule has 92 valence electrons. The quantitative estimate of drug-likeness (QED) is 0.797. The van der Waals surface area contributed by atoms with Crippen LogP contribution < -0.4 is 11.1 Å². The van der Waals surface area contributed by atoms with Crippen molar-refractivity contribution < 1.29 is 4.79 Å². The second kappa shape index (κ2) is 5.27. The van der Waals surface area contributed by atoms with E-state index in [0.717, 1.165) is 31.2 Å². The topological polar surface area (TPSA) is 68.0 Å². The Morgan fingerprint density at radius 1 is 1.53 bits per heavy atom. The van der Waals surface area contributed by atoms with Crippen LogP contribution in [-0.4, -0.2) is 23.0 Å². The number of carbonyl (C=O) groups is 1. The molecule has 0 saturated heterocycles. The molecule has 0 atom stereocenters. The zero-order chi connectivity index (χ0) is 12.1. The van der Waals surface area contributed by atoms with E-state index in [9.17, 15) is 4.79 Å². The Hall–Kier alpha value is -1.42. The fourth-order valence-corrected chi connectivity index (χ4v) is 2.08. The third-order valence-corrected chi connectivity index (χ3v) is 3.32.